The van der Waals surface area contributed by atoms with Crippen molar-refractivity contribution in [2.45, 2.75) is 24.4 Å². The van der Waals surface area contributed by atoms with E-state index in [2.05, 4.69) is 23.7 Å². The van der Waals surface area contributed by atoms with Crippen LogP contribution in [0.1, 0.15) is 0 Å². The van der Waals surface area contributed by atoms with Crippen LogP contribution in [0.2, 0.25) is 0 Å². The Morgan fingerprint density at radius 3 is 1.81 bits per heavy atom. The molecule has 0 saturated heterocycles. The third kappa shape index (κ3) is 8.47. The first-order chi connectivity index (χ1) is 7.27. The van der Waals surface area contributed by atoms with Gasteiger partial charge in [-0.05, 0) is 12.2 Å². The fourth-order valence-corrected chi connectivity index (χ4v) is 0.618. The highest BCUT2D eigenvalue weighted by molar-refractivity contribution is 7.80. The van der Waals surface area contributed by atoms with Crippen molar-refractivity contribution in [1.82, 2.24) is 0 Å². The molecule has 0 heterocycles. The lowest BCUT2D eigenvalue weighted by Gasteiger charge is -2.22. The molecule has 0 saturated carbocycles. The van der Waals surface area contributed by atoms with Gasteiger partial charge in [-0.15, -0.1) is 0 Å². The Morgan fingerprint density at radius 1 is 1.19 bits per heavy atom. The predicted molar refractivity (Wildman–Crippen MR) is 58.1 cm³/mol. The minimum atomic E-state index is -1.79. The van der Waals surface area contributed by atoms with Crippen LogP contribution in [0.3, 0.4) is 0 Å². The fraction of sp³-hybridized carbons (Fsp3) is 0.714. The Morgan fingerprint density at radius 2 is 1.56 bits per heavy atom. The van der Waals surface area contributed by atoms with Crippen LogP contribution in [0.15, 0.2) is 0 Å². The van der Waals surface area contributed by atoms with Gasteiger partial charge in [0.2, 0.25) is 0 Å². The number of rotatable bonds is 5. The van der Waals surface area contributed by atoms with Gasteiger partial charge in [0.25, 0.3) is 0 Å². The van der Waals surface area contributed by atoms with Crippen molar-refractivity contribution in [2.24, 2.45) is 11.5 Å². The second kappa shape index (κ2) is 9.39. The van der Waals surface area contributed by atoms with E-state index in [0.29, 0.717) is 0 Å². The topological polar surface area (TPSA) is 170 Å². The van der Waals surface area contributed by atoms with Gasteiger partial charge in [-0.3, -0.25) is 0 Å². The Hall–Kier alpha value is -0.840. The maximum absolute atomic E-state index is 9.90. The molecule has 9 heteroatoms. The van der Waals surface area contributed by atoms with E-state index in [0.717, 1.165) is 0 Å². The van der Waals surface area contributed by atoms with Crippen LogP contribution in [0.5, 0.6) is 0 Å². The van der Waals surface area contributed by atoms with Crippen molar-refractivity contribution in [3.05, 3.63) is 0 Å². The highest BCUT2D eigenvalue weighted by atomic mass is 32.1. The number of nitrogens with two attached hydrogens (primary N) is 2. The summed E-state index contributed by atoms with van der Waals surface area (Å²) in [6, 6.07) is 0. The number of hydrogen-bond donors (Lipinski definition) is 7. The highest BCUT2D eigenvalue weighted by Crippen LogP contribution is 2.02. The average molecular weight is 256 g/mol. The predicted octanol–water partition coefficient (Wildman–Crippen LogP) is -4.19. The van der Waals surface area contributed by atoms with E-state index in [4.69, 9.17) is 25.5 Å². The molecule has 0 rings (SSSR count). The molecule has 0 aromatic heterocycles. The molecular formula is C7H16N2O6S. The number of aldehydes is 1. The standard InChI is InChI=1S/C6H12O6.CH4N2S/c7-1-3(9)5(11)6(12)4(10)2-8;2-1(3)4/h1,3-6,8-12H,2H2;(H4,2,3,4)/t3-,4+,5+,6+;/m0./s1. The van der Waals surface area contributed by atoms with Crippen LogP contribution in [-0.4, -0.2) is 68.0 Å². The number of carbonyl (C=O) groups is 1. The molecule has 0 unspecified atom stereocenters. The van der Waals surface area contributed by atoms with Crippen molar-refractivity contribution in [3.8, 4) is 0 Å². The van der Waals surface area contributed by atoms with Crippen LogP contribution in [-0.2, 0) is 4.79 Å². The monoisotopic (exact) mass is 256 g/mol. The maximum Gasteiger partial charge on any atom is 0.160 e. The van der Waals surface area contributed by atoms with Gasteiger partial charge in [0.05, 0.1) is 6.61 Å². The summed E-state index contributed by atoms with van der Waals surface area (Å²) in [4.78, 5) is 9.90. The van der Waals surface area contributed by atoms with Gasteiger partial charge < -0.3 is 41.8 Å². The van der Waals surface area contributed by atoms with Crippen LogP contribution in [0, 0.1) is 0 Å². The number of hydrogen-bond acceptors (Lipinski definition) is 7. The molecule has 0 fully saturated rings. The van der Waals surface area contributed by atoms with E-state index in [1.165, 1.54) is 0 Å². The molecule has 16 heavy (non-hydrogen) atoms. The molecule has 0 aliphatic rings. The molecule has 0 radical (unpaired) electrons. The summed E-state index contributed by atoms with van der Waals surface area (Å²) in [5, 5.41) is 43.5. The molecule has 0 aromatic rings. The van der Waals surface area contributed by atoms with Crippen LogP contribution < -0.4 is 11.5 Å². The SMILES string of the molecule is NC(N)=S.O=C[C@H](O)[C@@H](O)[C@H](O)[C@H](O)CO. The van der Waals surface area contributed by atoms with Crippen molar-refractivity contribution in [2.75, 3.05) is 6.61 Å². The van der Waals surface area contributed by atoms with Gasteiger partial charge in [0.15, 0.2) is 11.4 Å². The summed E-state index contributed by atoms with van der Waals surface area (Å²) in [5.41, 5.74) is 9.24. The zero-order chi connectivity index (χ0) is 13.3. The smallest absolute Gasteiger partial charge is 0.160 e. The molecule has 0 spiro atoms. The molecule has 9 N–H and O–H groups in total. The summed E-state index contributed by atoms with van der Waals surface area (Å²) in [6.45, 7) is -0.760. The Labute approximate surface area is 97.1 Å². The summed E-state index contributed by atoms with van der Waals surface area (Å²) < 4.78 is 0. The minimum absolute atomic E-state index is 0.000000000000000222. The van der Waals surface area contributed by atoms with E-state index in [-0.39, 0.29) is 11.4 Å². The fourth-order valence-electron chi connectivity index (χ4n) is 0.618. The first-order valence-electron chi connectivity index (χ1n) is 4.11. The van der Waals surface area contributed by atoms with Gasteiger partial charge in [-0.1, -0.05) is 0 Å². The number of carbonyl (C=O) groups excluding carboxylic acids is 1. The first-order valence-corrected chi connectivity index (χ1v) is 4.52. The van der Waals surface area contributed by atoms with Gasteiger partial charge in [0, 0.05) is 0 Å². The zero-order valence-electron chi connectivity index (χ0n) is 8.30. The van der Waals surface area contributed by atoms with Gasteiger partial charge >= 0.3 is 0 Å². The Bertz CT molecular complexity index is 213. The lowest BCUT2D eigenvalue weighted by molar-refractivity contribution is -0.136. The summed E-state index contributed by atoms with van der Waals surface area (Å²) in [5.74, 6) is 0. The maximum atomic E-state index is 9.90. The molecule has 0 aliphatic heterocycles. The molecule has 0 aliphatic carbocycles. The van der Waals surface area contributed by atoms with Crippen LogP contribution >= 0.6 is 12.2 Å². The third-order valence-corrected chi connectivity index (χ3v) is 1.42. The first kappa shape index (κ1) is 17.6. The normalized spacial score (nSPS) is 17.3. The van der Waals surface area contributed by atoms with E-state index in [1.807, 2.05) is 0 Å². The van der Waals surface area contributed by atoms with Gasteiger partial charge in [-0.2, -0.15) is 0 Å². The van der Waals surface area contributed by atoms with E-state index < -0.39 is 31.0 Å². The summed E-state index contributed by atoms with van der Waals surface area (Å²) >= 11 is 4.09. The number of thiocarbonyl (C=S) groups is 1. The summed E-state index contributed by atoms with van der Waals surface area (Å²) in [7, 11) is 0. The quantitative estimate of drug-likeness (QED) is 0.190. The van der Waals surface area contributed by atoms with E-state index in [9.17, 15) is 4.79 Å². The zero-order valence-corrected chi connectivity index (χ0v) is 9.12. The van der Waals surface area contributed by atoms with Crippen molar-refractivity contribution in [1.29, 1.82) is 0 Å². The van der Waals surface area contributed by atoms with Crippen LogP contribution in [0.25, 0.3) is 0 Å². The minimum Gasteiger partial charge on any atom is -0.394 e. The van der Waals surface area contributed by atoms with Crippen LogP contribution in [0.4, 0.5) is 0 Å². The molecule has 8 nitrogen and oxygen atoms in total. The molecule has 96 valence electrons. The largest absolute Gasteiger partial charge is 0.394 e. The second-order valence-corrected chi connectivity index (χ2v) is 3.23. The molecule has 0 aromatic carbocycles. The second-order valence-electron chi connectivity index (χ2n) is 2.76. The Balaban J connectivity index is 0. The molecular weight excluding hydrogens is 240 g/mol. The third-order valence-electron chi connectivity index (χ3n) is 1.42. The molecule has 4 atom stereocenters. The van der Waals surface area contributed by atoms with E-state index >= 15 is 0 Å². The van der Waals surface area contributed by atoms with Crippen molar-refractivity contribution >= 4 is 23.6 Å². The molecule has 0 amide bonds. The van der Waals surface area contributed by atoms with Crippen molar-refractivity contribution in [3.63, 3.8) is 0 Å². The lowest BCUT2D eigenvalue weighted by atomic mass is 10.0. The lowest BCUT2D eigenvalue weighted by Crippen LogP contribution is -2.46. The van der Waals surface area contributed by atoms with Crippen molar-refractivity contribution < 1.29 is 30.3 Å². The number of aliphatic hydroxyl groups excluding tert-OH is 5. The Kier molecular flexibility index (Phi) is 10.3. The highest BCUT2D eigenvalue weighted by Gasteiger charge is 2.29. The van der Waals surface area contributed by atoms with E-state index in [1.54, 1.807) is 0 Å². The van der Waals surface area contributed by atoms with Gasteiger partial charge in [0.1, 0.15) is 24.4 Å². The summed E-state index contributed by atoms with van der Waals surface area (Å²) in [6.07, 6.45) is -6.84. The molecule has 0 bridgehead atoms. The average Bonchev–Trinajstić information content (AvgIpc) is 2.24. The number of aliphatic hydroxyl groups is 5. The van der Waals surface area contributed by atoms with Gasteiger partial charge in [-0.25, -0.2) is 0 Å².